The maximum absolute atomic E-state index is 13.5. The van der Waals surface area contributed by atoms with Crippen molar-refractivity contribution < 1.29 is 9.18 Å². The maximum Gasteiger partial charge on any atom is 0.235 e. The first-order valence-corrected chi connectivity index (χ1v) is 4.74. The first-order valence-electron chi connectivity index (χ1n) is 4.74. The fourth-order valence-corrected chi connectivity index (χ4v) is 1.41. The first kappa shape index (κ1) is 10.4. The number of imidazole rings is 1. The van der Waals surface area contributed by atoms with Crippen molar-refractivity contribution in [2.24, 2.45) is 0 Å². The van der Waals surface area contributed by atoms with Gasteiger partial charge >= 0.3 is 0 Å². The summed E-state index contributed by atoms with van der Waals surface area (Å²) in [5, 5.41) is 0. The highest BCUT2D eigenvalue weighted by Gasteiger charge is 2.10. The van der Waals surface area contributed by atoms with Crippen molar-refractivity contribution in [3.63, 3.8) is 0 Å². The molecule has 1 aromatic heterocycles. The van der Waals surface area contributed by atoms with E-state index in [-0.39, 0.29) is 11.7 Å². The Morgan fingerprint density at radius 1 is 1.44 bits per heavy atom. The molecule has 0 spiro atoms. The Bertz CT molecular complexity index is 521. The molecule has 0 atom stereocenters. The normalized spacial score (nSPS) is 10.1. The molecule has 2 rings (SSSR count). The first-order chi connectivity index (χ1) is 7.68. The third kappa shape index (κ3) is 1.93. The summed E-state index contributed by atoms with van der Waals surface area (Å²) in [4.78, 5) is 14.9. The monoisotopic (exact) mass is 219 g/mol. The van der Waals surface area contributed by atoms with Gasteiger partial charge in [-0.05, 0) is 12.1 Å². The molecule has 2 aromatic rings. The molecule has 1 amide bonds. The van der Waals surface area contributed by atoms with Gasteiger partial charge in [-0.3, -0.25) is 10.2 Å². The second kappa shape index (κ2) is 4.14. The Labute approximate surface area is 91.7 Å². The van der Waals surface area contributed by atoms with Crippen LogP contribution in [0.15, 0.2) is 36.7 Å². The third-order valence-electron chi connectivity index (χ3n) is 2.03. The Morgan fingerprint density at radius 2 is 2.19 bits per heavy atom. The van der Waals surface area contributed by atoms with Gasteiger partial charge in [-0.1, -0.05) is 12.1 Å². The standard InChI is InChI=1S/C11H10FN3O/c1-8(16)14-15-7-6-13-11(15)9-4-2-3-5-10(9)12/h2-7H,1H3,(H,14,16). The summed E-state index contributed by atoms with van der Waals surface area (Å²) in [6.45, 7) is 1.38. The van der Waals surface area contributed by atoms with Gasteiger partial charge < -0.3 is 0 Å². The number of nitrogens with one attached hydrogen (secondary N) is 1. The van der Waals surface area contributed by atoms with Crippen LogP contribution in [0.25, 0.3) is 11.4 Å². The van der Waals surface area contributed by atoms with Crippen molar-refractivity contribution >= 4 is 5.91 Å². The van der Waals surface area contributed by atoms with Crippen LogP contribution in [-0.4, -0.2) is 15.6 Å². The molecular formula is C11H10FN3O. The van der Waals surface area contributed by atoms with Gasteiger partial charge in [0.1, 0.15) is 5.82 Å². The van der Waals surface area contributed by atoms with Crippen LogP contribution in [0, 0.1) is 5.82 Å². The van der Waals surface area contributed by atoms with Gasteiger partial charge in [0.25, 0.3) is 0 Å². The number of benzene rings is 1. The Hall–Kier alpha value is -2.17. The largest absolute Gasteiger partial charge is 0.274 e. The summed E-state index contributed by atoms with van der Waals surface area (Å²) in [6, 6.07) is 6.27. The van der Waals surface area contributed by atoms with E-state index in [1.807, 2.05) is 0 Å². The lowest BCUT2D eigenvalue weighted by molar-refractivity contribution is -0.115. The van der Waals surface area contributed by atoms with Gasteiger partial charge in [-0.15, -0.1) is 0 Å². The number of halogens is 1. The smallest absolute Gasteiger partial charge is 0.235 e. The molecule has 1 N–H and O–H groups in total. The van der Waals surface area contributed by atoms with E-state index in [2.05, 4.69) is 10.4 Å². The SMILES string of the molecule is CC(=O)Nn1ccnc1-c1ccccc1F. The number of carbonyl (C=O) groups is 1. The molecule has 5 heteroatoms. The van der Waals surface area contributed by atoms with Gasteiger partial charge in [-0.2, -0.15) is 0 Å². The Balaban J connectivity index is 2.45. The number of rotatable bonds is 2. The fraction of sp³-hybridized carbons (Fsp3) is 0.0909. The van der Waals surface area contributed by atoms with E-state index < -0.39 is 0 Å². The minimum absolute atomic E-state index is 0.240. The van der Waals surface area contributed by atoms with Crippen molar-refractivity contribution in [2.45, 2.75) is 6.92 Å². The Kier molecular flexibility index (Phi) is 2.68. The number of carbonyl (C=O) groups excluding carboxylic acids is 1. The summed E-state index contributed by atoms with van der Waals surface area (Å²) in [7, 11) is 0. The molecule has 0 radical (unpaired) electrons. The number of nitrogens with zero attached hydrogens (tertiary/aromatic N) is 2. The van der Waals surface area contributed by atoms with Crippen molar-refractivity contribution in [2.75, 3.05) is 5.43 Å². The molecular weight excluding hydrogens is 209 g/mol. The topological polar surface area (TPSA) is 46.9 Å². The van der Waals surface area contributed by atoms with E-state index >= 15 is 0 Å². The van der Waals surface area contributed by atoms with Crippen LogP contribution in [-0.2, 0) is 4.79 Å². The lowest BCUT2D eigenvalue weighted by atomic mass is 10.2. The summed E-state index contributed by atoms with van der Waals surface area (Å²) in [5.74, 6) is -0.246. The predicted octanol–water partition coefficient (Wildman–Crippen LogP) is 1.78. The second-order valence-corrected chi connectivity index (χ2v) is 3.27. The molecule has 0 saturated heterocycles. The third-order valence-corrected chi connectivity index (χ3v) is 2.03. The van der Waals surface area contributed by atoms with Gasteiger partial charge in [0.05, 0.1) is 5.56 Å². The van der Waals surface area contributed by atoms with Gasteiger partial charge in [0.15, 0.2) is 5.82 Å². The van der Waals surface area contributed by atoms with E-state index in [9.17, 15) is 9.18 Å². The molecule has 0 unspecified atom stereocenters. The van der Waals surface area contributed by atoms with Crippen LogP contribution in [0.4, 0.5) is 4.39 Å². The highest BCUT2D eigenvalue weighted by molar-refractivity contribution is 5.81. The van der Waals surface area contributed by atoms with Gasteiger partial charge in [-0.25, -0.2) is 14.1 Å². The molecule has 0 aliphatic rings. The molecule has 16 heavy (non-hydrogen) atoms. The minimum Gasteiger partial charge on any atom is -0.274 e. The number of amides is 1. The fourth-order valence-electron chi connectivity index (χ4n) is 1.41. The highest BCUT2D eigenvalue weighted by atomic mass is 19.1. The number of aromatic nitrogens is 2. The summed E-state index contributed by atoms with van der Waals surface area (Å²) in [6.07, 6.45) is 3.06. The van der Waals surface area contributed by atoms with E-state index in [0.717, 1.165) is 0 Å². The van der Waals surface area contributed by atoms with E-state index in [1.54, 1.807) is 24.4 Å². The van der Waals surface area contributed by atoms with Crippen molar-refractivity contribution in [1.29, 1.82) is 0 Å². The molecule has 1 heterocycles. The lowest BCUT2D eigenvalue weighted by Gasteiger charge is -2.07. The van der Waals surface area contributed by atoms with Crippen LogP contribution < -0.4 is 5.43 Å². The summed E-state index contributed by atoms with van der Waals surface area (Å²) < 4.78 is 14.9. The molecule has 0 aliphatic heterocycles. The van der Waals surface area contributed by atoms with Gasteiger partial charge in [0.2, 0.25) is 5.91 Å². The highest BCUT2D eigenvalue weighted by Crippen LogP contribution is 2.19. The summed E-state index contributed by atoms with van der Waals surface area (Å²) >= 11 is 0. The van der Waals surface area contributed by atoms with Crippen LogP contribution in [0.5, 0.6) is 0 Å². The van der Waals surface area contributed by atoms with E-state index in [4.69, 9.17) is 0 Å². The van der Waals surface area contributed by atoms with Crippen LogP contribution in [0.1, 0.15) is 6.92 Å². The average molecular weight is 219 g/mol. The summed E-state index contributed by atoms with van der Waals surface area (Å²) in [5.41, 5.74) is 2.88. The molecule has 82 valence electrons. The van der Waals surface area contributed by atoms with Crippen LogP contribution >= 0.6 is 0 Å². The molecule has 0 bridgehead atoms. The average Bonchev–Trinajstić information content (AvgIpc) is 2.66. The van der Waals surface area contributed by atoms with Crippen molar-refractivity contribution in [3.05, 3.63) is 42.5 Å². The predicted molar refractivity (Wildman–Crippen MR) is 57.7 cm³/mol. The number of hydrogen-bond acceptors (Lipinski definition) is 2. The zero-order chi connectivity index (χ0) is 11.5. The molecule has 1 aromatic carbocycles. The maximum atomic E-state index is 13.5. The van der Waals surface area contributed by atoms with E-state index in [1.165, 1.54) is 23.9 Å². The number of hydrogen-bond donors (Lipinski definition) is 1. The van der Waals surface area contributed by atoms with E-state index in [0.29, 0.717) is 11.4 Å². The minimum atomic E-state index is -0.375. The zero-order valence-electron chi connectivity index (χ0n) is 8.64. The lowest BCUT2D eigenvalue weighted by Crippen LogP contribution is -2.20. The zero-order valence-corrected chi connectivity index (χ0v) is 8.64. The van der Waals surface area contributed by atoms with Crippen molar-refractivity contribution in [1.82, 2.24) is 9.66 Å². The Morgan fingerprint density at radius 3 is 2.88 bits per heavy atom. The molecule has 4 nitrogen and oxygen atoms in total. The van der Waals surface area contributed by atoms with Crippen LogP contribution in [0.3, 0.4) is 0 Å². The molecule has 0 aliphatic carbocycles. The van der Waals surface area contributed by atoms with Gasteiger partial charge in [0, 0.05) is 19.3 Å². The van der Waals surface area contributed by atoms with Crippen LogP contribution in [0.2, 0.25) is 0 Å². The quantitative estimate of drug-likeness (QED) is 0.836. The van der Waals surface area contributed by atoms with Crippen molar-refractivity contribution in [3.8, 4) is 11.4 Å². The molecule has 0 fully saturated rings. The molecule has 0 saturated carbocycles. The second-order valence-electron chi connectivity index (χ2n) is 3.27.